The number of hydrogen-bond acceptors (Lipinski definition) is 5. The number of fused-ring (bicyclic) bond motifs is 1. The molecule has 0 unspecified atom stereocenters. The minimum atomic E-state index is -0.276. The van der Waals surface area contributed by atoms with Crippen LogP contribution < -0.4 is 0 Å². The molecule has 1 aromatic carbocycles. The number of carbonyl (C=O) groups is 1. The smallest absolute Gasteiger partial charge is 0.311 e. The van der Waals surface area contributed by atoms with E-state index in [1.165, 1.54) is 18.4 Å². The highest BCUT2D eigenvalue weighted by Crippen LogP contribution is 2.29. The number of benzene rings is 1. The van der Waals surface area contributed by atoms with E-state index in [0.717, 1.165) is 27.2 Å². The second-order valence-electron chi connectivity index (χ2n) is 4.27. The van der Waals surface area contributed by atoms with Gasteiger partial charge in [-0.25, -0.2) is 4.98 Å². The maximum atomic E-state index is 11.3. The number of ether oxygens (including phenoxy) is 1. The van der Waals surface area contributed by atoms with Crippen molar-refractivity contribution in [2.24, 2.45) is 0 Å². The standard InChI is InChI=1S/C15H12N2O2S/c1-19-14(18)8-10-9-20-15(17-10)12-6-7-16-13-5-3-2-4-11(12)13/h2-7,9H,8H2,1H3. The molecule has 5 heteroatoms. The lowest BCUT2D eigenvalue weighted by Crippen LogP contribution is -2.04. The van der Waals surface area contributed by atoms with Crippen molar-refractivity contribution in [2.45, 2.75) is 6.42 Å². The number of methoxy groups -OCH3 is 1. The molecule has 0 fully saturated rings. The van der Waals surface area contributed by atoms with E-state index in [1.807, 2.05) is 35.7 Å². The summed E-state index contributed by atoms with van der Waals surface area (Å²) in [6, 6.07) is 9.89. The molecule has 0 aliphatic rings. The zero-order valence-corrected chi connectivity index (χ0v) is 11.7. The first kappa shape index (κ1) is 12.7. The number of thiazole rings is 1. The zero-order chi connectivity index (χ0) is 13.9. The minimum absolute atomic E-state index is 0.204. The third-order valence-corrected chi connectivity index (χ3v) is 3.91. The Kier molecular flexibility index (Phi) is 3.43. The van der Waals surface area contributed by atoms with Gasteiger partial charge in [0.05, 0.1) is 24.7 Å². The van der Waals surface area contributed by atoms with Crippen LogP contribution in [0.4, 0.5) is 0 Å². The molecule has 0 spiro atoms. The van der Waals surface area contributed by atoms with Crippen molar-refractivity contribution in [3.05, 3.63) is 47.6 Å². The maximum absolute atomic E-state index is 11.3. The number of hydrogen-bond donors (Lipinski definition) is 0. The van der Waals surface area contributed by atoms with Crippen LogP contribution in [-0.4, -0.2) is 23.0 Å². The minimum Gasteiger partial charge on any atom is -0.469 e. The summed E-state index contributed by atoms with van der Waals surface area (Å²) in [7, 11) is 1.38. The van der Waals surface area contributed by atoms with Crippen LogP contribution in [0.15, 0.2) is 41.9 Å². The molecule has 2 heterocycles. The maximum Gasteiger partial charge on any atom is 0.311 e. The van der Waals surface area contributed by atoms with Crippen LogP contribution in [-0.2, 0) is 16.0 Å². The van der Waals surface area contributed by atoms with E-state index in [-0.39, 0.29) is 12.4 Å². The quantitative estimate of drug-likeness (QED) is 0.694. The first-order valence-corrected chi connectivity index (χ1v) is 7.01. The summed E-state index contributed by atoms with van der Waals surface area (Å²) >= 11 is 1.52. The van der Waals surface area contributed by atoms with E-state index in [9.17, 15) is 4.79 Å². The molecule has 2 aromatic heterocycles. The van der Waals surface area contributed by atoms with Gasteiger partial charge in [0.25, 0.3) is 0 Å². The van der Waals surface area contributed by atoms with E-state index >= 15 is 0 Å². The number of pyridine rings is 1. The second kappa shape index (κ2) is 5.38. The number of aromatic nitrogens is 2. The molecule has 0 saturated heterocycles. The van der Waals surface area contributed by atoms with Crippen LogP contribution in [0.3, 0.4) is 0 Å². The Hall–Kier alpha value is -2.27. The van der Waals surface area contributed by atoms with Crippen molar-refractivity contribution < 1.29 is 9.53 Å². The molecule has 0 aliphatic carbocycles. The predicted molar refractivity (Wildman–Crippen MR) is 78.6 cm³/mol. The molecule has 0 saturated carbocycles. The fourth-order valence-corrected chi connectivity index (χ4v) is 2.87. The predicted octanol–water partition coefficient (Wildman–Crippen LogP) is 3.07. The third-order valence-electron chi connectivity index (χ3n) is 2.98. The van der Waals surface area contributed by atoms with Gasteiger partial charge in [-0.05, 0) is 12.1 Å². The number of esters is 1. The molecule has 0 radical (unpaired) electrons. The van der Waals surface area contributed by atoms with Gasteiger partial charge in [0, 0.05) is 22.5 Å². The Morgan fingerprint density at radius 3 is 3.00 bits per heavy atom. The number of para-hydroxylation sites is 1. The highest BCUT2D eigenvalue weighted by Gasteiger charge is 2.11. The van der Waals surface area contributed by atoms with Gasteiger partial charge < -0.3 is 4.74 Å². The Morgan fingerprint density at radius 2 is 2.15 bits per heavy atom. The zero-order valence-electron chi connectivity index (χ0n) is 10.9. The summed E-state index contributed by atoms with van der Waals surface area (Å²) in [4.78, 5) is 20.1. The van der Waals surface area contributed by atoms with Crippen LogP contribution in [0, 0.1) is 0 Å². The molecule has 0 bridgehead atoms. The van der Waals surface area contributed by atoms with Crippen molar-refractivity contribution in [3.63, 3.8) is 0 Å². The molecule has 4 nitrogen and oxygen atoms in total. The number of rotatable bonds is 3. The molecule has 3 rings (SSSR count). The molecular formula is C15H12N2O2S. The molecule has 0 N–H and O–H groups in total. The molecule has 0 amide bonds. The largest absolute Gasteiger partial charge is 0.469 e. The Morgan fingerprint density at radius 1 is 1.30 bits per heavy atom. The van der Waals surface area contributed by atoms with E-state index in [2.05, 4.69) is 14.7 Å². The second-order valence-corrected chi connectivity index (χ2v) is 5.13. The lowest BCUT2D eigenvalue weighted by molar-refractivity contribution is -0.139. The van der Waals surface area contributed by atoms with Gasteiger partial charge in [-0.3, -0.25) is 9.78 Å². The molecule has 20 heavy (non-hydrogen) atoms. The van der Waals surface area contributed by atoms with Crippen LogP contribution >= 0.6 is 11.3 Å². The Balaban J connectivity index is 2.01. The summed E-state index contributed by atoms with van der Waals surface area (Å²) in [5.74, 6) is -0.276. The van der Waals surface area contributed by atoms with Crippen LogP contribution in [0.25, 0.3) is 21.5 Å². The Bertz CT molecular complexity index is 762. The Labute approximate surface area is 120 Å². The van der Waals surface area contributed by atoms with Gasteiger partial charge in [0.15, 0.2) is 0 Å². The normalized spacial score (nSPS) is 10.7. The van der Waals surface area contributed by atoms with E-state index in [1.54, 1.807) is 6.20 Å². The first-order valence-electron chi connectivity index (χ1n) is 6.13. The average Bonchev–Trinajstić information content (AvgIpc) is 2.94. The lowest BCUT2D eigenvalue weighted by atomic mass is 10.1. The average molecular weight is 284 g/mol. The summed E-state index contributed by atoms with van der Waals surface area (Å²) in [5.41, 5.74) is 2.71. The van der Waals surface area contributed by atoms with E-state index in [4.69, 9.17) is 0 Å². The van der Waals surface area contributed by atoms with Gasteiger partial charge in [-0.2, -0.15) is 0 Å². The van der Waals surface area contributed by atoms with Gasteiger partial charge in [-0.15, -0.1) is 11.3 Å². The molecule has 3 aromatic rings. The first-order chi connectivity index (χ1) is 9.78. The van der Waals surface area contributed by atoms with Crippen molar-refractivity contribution in [3.8, 4) is 10.6 Å². The van der Waals surface area contributed by atoms with Gasteiger partial charge >= 0.3 is 5.97 Å². The number of carbonyl (C=O) groups excluding carboxylic acids is 1. The topological polar surface area (TPSA) is 52.1 Å². The molecule has 0 aliphatic heterocycles. The highest BCUT2D eigenvalue weighted by molar-refractivity contribution is 7.13. The molecule has 0 atom stereocenters. The van der Waals surface area contributed by atoms with E-state index in [0.29, 0.717) is 0 Å². The van der Waals surface area contributed by atoms with E-state index < -0.39 is 0 Å². The summed E-state index contributed by atoms with van der Waals surface area (Å²) in [5, 5.41) is 3.85. The molecule has 100 valence electrons. The molecular weight excluding hydrogens is 272 g/mol. The van der Waals surface area contributed by atoms with Crippen molar-refractivity contribution in [1.29, 1.82) is 0 Å². The summed E-state index contributed by atoms with van der Waals surface area (Å²) in [6.45, 7) is 0. The van der Waals surface area contributed by atoms with Crippen LogP contribution in [0.1, 0.15) is 5.69 Å². The third kappa shape index (κ3) is 2.40. The summed E-state index contributed by atoms with van der Waals surface area (Å²) in [6.07, 6.45) is 1.98. The van der Waals surface area contributed by atoms with Gasteiger partial charge in [0.1, 0.15) is 5.01 Å². The SMILES string of the molecule is COC(=O)Cc1csc(-c2ccnc3ccccc23)n1. The van der Waals surface area contributed by atoms with Crippen molar-refractivity contribution in [2.75, 3.05) is 7.11 Å². The lowest BCUT2D eigenvalue weighted by Gasteiger charge is -2.02. The van der Waals surface area contributed by atoms with Crippen LogP contribution in [0.2, 0.25) is 0 Å². The monoisotopic (exact) mass is 284 g/mol. The summed E-state index contributed by atoms with van der Waals surface area (Å²) < 4.78 is 4.66. The fourth-order valence-electron chi connectivity index (χ4n) is 2.01. The van der Waals surface area contributed by atoms with Crippen LogP contribution in [0.5, 0.6) is 0 Å². The van der Waals surface area contributed by atoms with Gasteiger partial charge in [0.2, 0.25) is 0 Å². The number of nitrogens with zero attached hydrogens (tertiary/aromatic N) is 2. The fraction of sp³-hybridized carbons (Fsp3) is 0.133. The van der Waals surface area contributed by atoms with Crippen molar-refractivity contribution in [1.82, 2.24) is 9.97 Å². The van der Waals surface area contributed by atoms with Gasteiger partial charge in [-0.1, -0.05) is 18.2 Å². The van der Waals surface area contributed by atoms with Crippen molar-refractivity contribution >= 4 is 28.2 Å². The highest BCUT2D eigenvalue weighted by atomic mass is 32.1.